The van der Waals surface area contributed by atoms with Gasteiger partial charge in [-0.05, 0) is 31.8 Å². The van der Waals surface area contributed by atoms with Gasteiger partial charge in [-0.1, -0.05) is 32.1 Å². The van der Waals surface area contributed by atoms with E-state index in [-0.39, 0.29) is 32.8 Å². The Labute approximate surface area is 179 Å². The van der Waals surface area contributed by atoms with Gasteiger partial charge < -0.3 is 19.5 Å². The minimum Gasteiger partial charge on any atom is -0.481 e. The molecular formula is C20H36NO8P. The van der Waals surface area contributed by atoms with Crippen LogP contribution in [0.3, 0.4) is 0 Å². The molecule has 0 spiro atoms. The number of aliphatic carboxylic acids is 1. The zero-order valence-corrected chi connectivity index (χ0v) is 19.0. The van der Waals surface area contributed by atoms with Crippen molar-refractivity contribution in [2.75, 3.05) is 39.6 Å². The largest absolute Gasteiger partial charge is 0.481 e. The molecule has 174 valence electrons. The van der Waals surface area contributed by atoms with Gasteiger partial charge in [-0.3, -0.25) is 18.8 Å². The molecule has 2 atom stereocenters. The normalized spacial score (nSPS) is 15.5. The van der Waals surface area contributed by atoms with Crippen molar-refractivity contribution in [2.45, 2.75) is 46.1 Å². The smallest absolute Gasteiger partial charge is 0.472 e. The van der Waals surface area contributed by atoms with Crippen LogP contribution >= 0.6 is 7.82 Å². The third-order valence-corrected chi connectivity index (χ3v) is 4.38. The van der Waals surface area contributed by atoms with Gasteiger partial charge >= 0.3 is 13.8 Å². The Morgan fingerprint density at radius 1 is 1.07 bits per heavy atom. The fourth-order valence-electron chi connectivity index (χ4n) is 1.99. The van der Waals surface area contributed by atoms with Gasteiger partial charge in [0, 0.05) is 25.8 Å². The first kappa shape index (κ1) is 28.6. The van der Waals surface area contributed by atoms with Crippen molar-refractivity contribution in [2.24, 2.45) is 10.9 Å². The van der Waals surface area contributed by atoms with Gasteiger partial charge in [0.15, 0.2) is 0 Å². The molecule has 0 radical (unpaired) electrons. The van der Waals surface area contributed by atoms with Crippen molar-refractivity contribution in [3.8, 4) is 0 Å². The van der Waals surface area contributed by atoms with Crippen LogP contribution in [0.25, 0.3) is 0 Å². The van der Waals surface area contributed by atoms with E-state index in [9.17, 15) is 14.3 Å². The lowest BCUT2D eigenvalue weighted by atomic mass is 10.2. The number of phosphoric ester groups is 1. The van der Waals surface area contributed by atoms with Gasteiger partial charge in [0.1, 0.15) is 6.10 Å². The van der Waals surface area contributed by atoms with Crippen LogP contribution in [0.5, 0.6) is 0 Å². The molecule has 0 saturated carbocycles. The van der Waals surface area contributed by atoms with Gasteiger partial charge in [0.2, 0.25) is 0 Å². The van der Waals surface area contributed by atoms with E-state index in [4.69, 9.17) is 23.6 Å². The van der Waals surface area contributed by atoms with Crippen LogP contribution in [0, 0.1) is 5.92 Å². The summed E-state index contributed by atoms with van der Waals surface area (Å²) in [5, 5.41) is 8.65. The number of hydrogen-bond donors (Lipinski definition) is 2. The van der Waals surface area contributed by atoms with Crippen molar-refractivity contribution in [3.05, 3.63) is 24.3 Å². The van der Waals surface area contributed by atoms with Gasteiger partial charge in [-0.15, -0.1) is 0 Å². The van der Waals surface area contributed by atoms with Gasteiger partial charge in [0.25, 0.3) is 0 Å². The fraction of sp³-hybridized carbons (Fsp3) is 0.700. The minimum absolute atomic E-state index is 0.0632. The van der Waals surface area contributed by atoms with E-state index in [1.54, 1.807) is 12.3 Å². The standard InChI is InChI=1S/C20H36NO8P/c1-4-5-6-8-11-21-12-14-28-30(24,25)29-17-19(16-26-15-18(2)3)27-13-9-7-10-20(22)23/h4-6,8,11,18-19H,7,9-10,12-17H2,1-3H3,(H,22,23)(H,24,25)/b5-4-,8-6-,21-11?. The fourth-order valence-corrected chi connectivity index (χ4v) is 2.73. The SMILES string of the molecule is C/C=C\C=C/C=NCCOP(=O)(O)OCC(COCC(C)C)OCCCCC(=O)O. The summed E-state index contributed by atoms with van der Waals surface area (Å²) in [4.78, 5) is 24.4. The maximum atomic E-state index is 12.0. The maximum absolute atomic E-state index is 12.0. The Balaban J connectivity index is 4.30. The van der Waals surface area contributed by atoms with Crippen molar-refractivity contribution < 1.29 is 37.9 Å². The number of phosphoric acid groups is 1. The second-order valence-corrected chi connectivity index (χ2v) is 8.29. The number of ether oxygens (including phenoxy) is 2. The molecule has 2 unspecified atom stereocenters. The summed E-state index contributed by atoms with van der Waals surface area (Å²) in [6.07, 6.45) is 9.42. The average molecular weight is 449 g/mol. The summed E-state index contributed by atoms with van der Waals surface area (Å²) >= 11 is 0. The molecule has 0 aromatic carbocycles. The number of carboxylic acid groups (broad SMARTS) is 1. The van der Waals surface area contributed by atoms with Crippen molar-refractivity contribution >= 4 is 20.0 Å². The number of aliphatic imine (C=N–C) groups is 1. The van der Waals surface area contributed by atoms with Gasteiger partial charge in [-0.2, -0.15) is 0 Å². The first-order chi connectivity index (χ1) is 14.3. The molecule has 30 heavy (non-hydrogen) atoms. The lowest BCUT2D eigenvalue weighted by molar-refractivity contribution is -0.137. The zero-order chi connectivity index (χ0) is 22.7. The number of carboxylic acids is 1. The third kappa shape index (κ3) is 19.9. The van der Waals surface area contributed by atoms with Gasteiger partial charge in [0.05, 0.1) is 26.4 Å². The predicted octanol–water partition coefficient (Wildman–Crippen LogP) is 3.64. The predicted molar refractivity (Wildman–Crippen MR) is 116 cm³/mol. The third-order valence-electron chi connectivity index (χ3n) is 3.40. The van der Waals surface area contributed by atoms with Crippen LogP contribution in [0.2, 0.25) is 0 Å². The highest BCUT2D eigenvalue weighted by atomic mass is 31.2. The van der Waals surface area contributed by atoms with Crippen LogP contribution in [-0.2, 0) is 27.9 Å². The van der Waals surface area contributed by atoms with E-state index in [0.29, 0.717) is 32.0 Å². The van der Waals surface area contributed by atoms with E-state index >= 15 is 0 Å². The van der Waals surface area contributed by atoms with E-state index in [1.165, 1.54) is 0 Å². The van der Waals surface area contributed by atoms with Crippen LogP contribution in [0.4, 0.5) is 0 Å². The number of carbonyl (C=O) groups is 1. The molecule has 0 rings (SSSR count). The lowest BCUT2D eigenvalue weighted by Crippen LogP contribution is -2.27. The number of rotatable bonds is 19. The Hall–Kier alpha value is -1.35. The van der Waals surface area contributed by atoms with E-state index in [1.807, 2.05) is 39.0 Å². The topological polar surface area (TPSA) is 124 Å². The molecule has 0 fully saturated rings. The van der Waals surface area contributed by atoms with Crippen molar-refractivity contribution in [1.82, 2.24) is 0 Å². The first-order valence-corrected chi connectivity index (χ1v) is 11.6. The molecule has 9 nitrogen and oxygen atoms in total. The molecule has 0 aromatic heterocycles. The molecule has 0 saturated heterocycles. The molecule has 0 heterocycles. The Morgan fingerprint density at radius 3 is 2.50 bits per heavy atom. The van der Waals surface area contributed by atoms with Crippen LogP contribution in [0.15, 0.2) is 29.3 Å². The van der Waals surface area contributed by atoms with Crippen LogP contribution < -0.4 is 0 Å². The molecule has 0 amide bonds. The highest BCUT2D eigenvalue weighted by molar-refractivity contribution is 7.47. The molecule has 0 aliphatic rings. The summed E-state index contributed by atoms with van der Waals surface area (Å²) < 4.78 is 33.1. The lowest BCUT2D eigenvalue weighted by Gasteiger charge is -2.20. The molecule has 10 heteroatoms. The zero-order valence-electron chi connectivity index (χ0n) is 18.1. The van der Waals surface area contributed by atoms with E-state index < -0.39 is 19.9 Å². The number of allylic oxidation sites excluding steroid dienone is 4. The maximum Gasteiger partial charge on any atom is 0.472 e. The van der Waals surface area contributed by atoms with Crippen molar-refractivity contribution in [3.63, 3.8) is 0 Å². The van der Waals surface area contributed by atoms with E-state index in [0.717, 1.165) is 0 Å². The second kappa shape index (κ2) is 18.4. The van der Waals surface area contributed by atoms with Gasteiger partial charge in [-0.25, -0.2) is 4.57 Å². The molecule has 0 bridgehead atoms. The van der Waals surface area contributed by atoms with E-state index in [2.05, 4.69) is 4.99 Å². The molecule has 0 aliphatic carbocycles. The summed E-state index contributed by atoms with van der Waals surface area (Å²) in [5.41, 5.74) is 0. The molecule has 0 aromatic rings. The van der Waals surface area contributed by atoms with Crippen LogP contribution in [0.1, 0.15) is 40.0 Å². The Bertz CT molecular complexity index is 577. The first-order valence-electron chi connectivity index (χ1n) is 10.1. The monoisotopic (exact) mass is 449 g/mol. The Kier molecular flexibility index (Phi) is 17.6. The minimum atomic E-state index is -4.24. The average Bonchev–Trinajstić information content (AvgIpc) is 2.67. The number of hydrogen-bond acceptors (Lipinski definition) is 7. The van der Waals surface area contributed by atoms with Crippen molar-refractivity contribution in [1.29, 1.82) is 0 Å². The summed E-state index contributed by atoms with van der Waals surface area (Å²) in [7, 11) is -4.24. The Morgan fingerprint density at radius 2 is 1.83 bits per heavy atom. The number of nitrogens with zero attached hydrogens (tertiary/aromatic N) is 1. The second-order valence-electron chi connectivity index (χ2n) is 6.84. The highest BCUT2D eigenvalue weighted by Crippen LogP contribution is 2.43. The summed E-state index contributed by atoms with van der Waals surface area (Å²) in [6.45, 7) is 6.91. The quantitative estimate of drug-likeness (QED) is 0.133. The molecule has 0 aliphatic heterocycles. The molecular weight excluding hydrogens is 413 g/mol. The number of unbranched alkanes of at least 4 members (excludes halogenated alkanes) is 1. The molecule has 2 N–H and O–H groups in total. The van der Waals surface area contributed by atoms with Crippen LogP contribution in [-0.4, -0.2) is 67.9 Å². The highest BCUT2D eigenvalue weighted by Gasteiger charge is 2.23. The summed E-state index contributed by atoms with van der Waals surface area (Å²) in [5.74, 6) is -0.519. The summed E-state index contributed by atoms with van der Waals surface area (Å²) in [6, 6.07) is 0.